The summed E-state index contributed by atoms with van der Waals surface area (Å²) in [7, 11) is 0. The third-order valence-electron chi connectivity index (χ3n) is 5.04. The van der Waals surface area contributed by atoms with Crippen LogP contribution in [0, 0.1) is 23.5 Å². The molecule has 2 aliphatic rings. The summed E-state index contributed by atoms with van der Waals surface area (Å²) in [5, 5.41) is 0. The van der Waals surface area contributed by atoms with E-state index in [1.54, 1.807) is 24.3 Å². The van der Waals surface area contributed by atoms with Gasteiger partial charge in [-0.05, 0) is 43.4 Å². The third kappa shape index (κ3) is 5.16. The molecule has 0 N–H and O–H groups in total. The standard InChI is InChI=1S/C12H8F2.C11H19NO2/c13-10-7-4-8-11(14)12(10)9-5-2-1-3-6-9;1-8-5-12(9(2)7-14-6-8)11(13)10-3-4-10/h1-8H;8-10H,3-7H2,1-2H3/t;8?,9-/m.0/s1. The van der Waals surface area contributed by atoms with Crippen molar-refractivity contribution in [1.29, 1.82) is 0 Å². The van der Waals surface area contributed by atoms with Crippen molar-refractivity contribution in [3.63, 3.8) is 0 Å². The minimum atomic E-state index is -0.531. The molecule has 5 heteroatoms. The normalized spacial score (nSPS) is 22.1. The van der Waals surface area contributed by atoms with Crippen LogP contribution in [0.15, 0.2) is 48.5 Å². The Kier molecular flexibility index (Phi) is 6.79. The van der Waals surface area contributed by atoms with Gasteiger partial charge in [-0.1, -0.05) is 43.3 Å². The Morgan fingerprint density at radius 3 is 2.21 bits per heavy atom. The zero-order chi connectivity index (χ0) is 20.1. The minimum absolute atomic E-state index is 0.0353. The Hall–Kier alpha value is -2.27. The van der Waals surface area contributed by atoms with Crippen LogP contribution in [0.5, 0.6) is 0 Å². The molecule has 2 fully saturated rings. The summed E-state index contributed by atoms with van der Waals surface area (Å²) < 4.78 is 32.1. The van der Waals surface area contributed by atoms with Crippen molar-refractivity contribution in [2.75, 3.05) is 19.8 Å². The highest BCUT2D eigenvalue weighted by Crippen LogP contribution is 2.32. The van der Waals surface area contributed by atoms with Crippen molar-refractivity contribution in [2.24, 2.45) is 11.8 Å². The van der Waals surface area contributed by atoms with Crippen LogP contribution in [0.2, 0.25) is 0 Å². The summed E-state index contributed by atoms with van der Waals surface area (Å²) in [6, 6.07) is 12.8. The molecule has 0 spiro atoms. The molecule has 0 radical (unpaired) electrons. The second-order valence-electron chi connectivity index (χ2n) is 7.72. The first-order chi connectivity index (χ1) is 13.5. The second-order valence-corrected chi connectivity index (χ2v) is 7.72. The van der Waals surface area contributed by atoms with E-state index in [-0.39, 0.29) is 11.6 Å². The van der Waals surface area contributed by atoms with Crippen LogP contribution in [-0.2, 0) is 9.53 Å². The zero-order valence-corrected chi connectivity index (χ0v) is 16.4. The molecule has 1 saturated heterocycles. The minimum Gasteiger partial charge on any atom is -0.379 e. The summed E-state index contributed by atoms with van der Waals surface area (Å²) in [6.07, 6.45) is 2.19. The predicted molar refractivity (Wildman–Crippen MR) is 106 cm³/mol. The molecule has 1 unspecified atom stereocenters. The molecule has 2 aromatic rings. The van der Waals surface area contributed by atoms with Gasteiger partial charge in [0.25, 0.3) is 0 Å². The summed E-state index contributed by atoms with van der Waals surface area (Å²) in [5.74, 6) is 0.104. The number of amides is 1. The van der Waals surface area contributed by atoms with Gasteiger partial charge in [-0.3, -0.25) is 4.79 Å². The molecule has 1 heterocycles. The van der Waals surface area contributed by atoms with Gasteiger partial charge in [-0.25, -0.2) is 8.78 Å². The molecule has 1 amide bonds. The average molecular weight is 387 g/mol. The lowest BCUT2D eigenvalue weighted by atomic mass is 10.0. The van der Waals surface area contributed by atoms with E-state index in [0.29, 0.717) is 29.9 Å². The van der Waals surface area contributed by atoms with Gasteiger partial charge < -0.3 is 9.64 Å². The number of benzene rings is 2. The number of halogens is 2. The van der Waals surface area contributed by atoms with Gasteiger partial charge >= 0.3 is 0 Å². The van der Waals surface area contributed by atoms with Crippen molar-refractivity contribution in [1.82, 2.24) is 4.90 Å². The van der Waals surface area contributed by atoms with Gasteiger partial charge in [-0.2, -0.15) is 0 Å². The average Bonchev–Trinajstić information content (AvgIpc) is 3.52. The van der Waals surface area contributed by atoms with Crippen LogP contribution in [0.25, 0.3) is 11.1 Å². The lowest BCUT2D eigenvalue weighted by molar-refractivity contribution is -0.135. The largest absolute Gasteiger partial charge is 0.379 e. The van der Waals surface area contributed by atoms with Crippen molar-refractivity contribution in [3.05, 3.63) is 60.2 Å². The van der Waals surface area contributed by atoms with E-state index in [1.807, 2.05) is 11.0 Å². The molecule has 2 aromatic carbocycles. The quantitative estimate of drug-likeness (QED) is 0.733. The number of hydrogen-bond acceptors (Lipinski definition) is 2. The fourth-order valence-electron chi connectivity index (χ4n) is 3.35. The molecular weight excluding hydrogens is 360 g/mol. The second kappa shape index (κ2) is 9.28. The maximum absolute atomic E-state index is 13.3. The fraction of sp³-hybridized carbons (Fsp3) is 0.435. The maximum Gasteiger partial charge on any atom is 0.226 e. The first kappa shape index (κ1) is 20.5. The number of rotatable bonds is 2. The van der Waals surface area contributed by atoms with Gasteiger partial charge in [0.05, 0.1) is 24.8 Å². The van der Waals surface area contributed by atoms with Crippen LogP contribution >= 0.6 is 0 Å². The molecule has 1 aliphatic heterocycles. The predicted octanol–water partition coefficient (Wildman–Crippen LogP) is 4.91. The monoisotopic (exact) mass is 387 g/mol. The Morgan fingerprint density at radius 1 is 0.964 bits per heavy atom. The van der Waals surface area contributed by atoms with E-state index in [9.17, 15) is 13.6 Å². The lowest BCUT2D eigenvalue weighted by Gasteiger charge is -2.27. The smallest absolute Gasteiger partial charge is 0.226 e. The van der Waals surface area contributed by atoms with E-state index >= 15 is 0 Å². The van der Waals surface area contributed by atoms with Crippen LogP contribution < -0.4 is 0 Å². The van der Waals surface area contributed by atoms with Gasteiger partial charge in [0.2, 0.25) is 5.91 Å². The summed E-state index contributed by atoms with van der Waals surface area (Å²) in [4.78, 5) is 14.0. The molecule has 2 atom stereocenters. The first-order valence-corrected chi connectivity index (χ1v) is 9.85. The molecule has 4 rings (SSSR count). The Labute approximate surface area is 165 Å². The van der Waals surface area contributed by atoms with E-state index in [4.69, 9.17) is 4.74 Å². The van der Waals surface area contributed by atoms with Crippen molar-refractivity contribution in [3.8, 4) is 11.1 Å². The zero-order valence-electron chi connectivity index (χ0n) is 16.4. The van der Waals surface area contributed by atoms with Crippen LogP contribution in [0.4, 0.5) is 8.78 Å². The molecule has 0 aromatic heterocycles. The molecule has 28 heavy (non-hydrogen) atoms. The molecule has 1 saturated carbocycles. The first-order valence-electron chi connectivity index (χ1n) is 9.85. The Bertz CT molecular complexity index is 772. The van der Waals surface area contributed by atoms with Gasteiger partial charge in [-0.15, -0.1) is 0 Å². The lowest BCUT2D eigenvalue weighted by Crippen LogP contribution is -2.42. The van der Waals surface area contributed by atoms with Crippen LogP contribution in [0.1, 0.15) is 26.7 Å². The van der Waals surface area contributed by atoms with E-state index in [1.165, 1.54) is 18.2 Å². The summed E-state index contributed by atoms with van der Waals surface area (Å²) in [6.45, 7) is 6.58. The van der Waals surface area contributed by atoms with Crippen molar-refractivity contribution >= 4 is 5.91 Å². The number of nitrogens with zero attached hydrogens (tertiary/aromatic N) is 1. The maximum atomic E-state index is 13.3. The third-order valence-corrected chi connectivity index (χ3v) is 5.04. The van der Waals surface area contributed by atoms with Gasteiger partial charge in [0, 0.05) is 12.5 Å². The Morgan fingerprint density at radius 2 is 1.61 bits per heavy atom. The van der Waals surface area contributed by atoms with E-state index in [2.05, 4.69) is 13.8 Å². The van der Waals surface area contributed by atoms with Crippen LogP contribution in [-0.4, -0.2) is 36.6 Å². The fourth-order valence-corrected chi connectivity index (χ4v) is 3.35. The number of ether oxygens (including phenoxy) is 1. The molecule has 1 aliphatic carbocycles. The summed E-state index contributed by atoms with van der Waals surface area (Å²) in [5.41, 5.74) is 0.594. The highest BCUT2D eigenvalue weighted by atomic mass is 19.1. The molecule has 150 valence electrons. The van der Waals surface area contributed by atoms with Gasteiger partial charge in [0.1, 0.15) is 11.6 Å². The SMILES string of the molecule is CC1COC[C@H](C)N(C(=O)C2CC2)C1.Fc1cccc(F)c1-c1ccccc1. The highest BCUT2D eigenvalue weighted by molar-refractivity contribution is 5.81. The van der Waals surface area contributed by atoms with Crippen molar-refractivity contribution < 1.29 is 18.3 Å². The summed E-state index contributed by atoms with van der Waals surface area (Å²) >= 11 is 0. The number of hydrogen-bond donors (Lipinski definition) is 0. The highest BCUT2D eigenvalue weighted by Gasteiger charge is 2.36. The topological polar surface area (TPSA) is 29.5 Å². The van der Waals surface area contributed by atoms with E-state index < -0.39 is 11.6 Å². The number of carbonyl (C=O) groups is 1. The number of carbonyl (C=O) groups excluding carboxylic acids is 1. The molecule has 0 bridgehead atoms. The van der Waals surface area contributed by atoms with Crippen LogP contribution in [0.3, 0.4) is 0 Å². The molecule has 3 nitrogen and oxygen atoms in total. The van der Waals surface area contributed by atoms with E-state index in [0.717, 1.165) is 26.0 Å². The van der Waals surface area contributed by atoms with Crippen molar-refractivity contribution in [2.45, 2.75) is 32.7 Å². The van der Waals surface area contributed by atoms with Gasteiger partial charge in [0.15, 0.2) is 0 Å². The molecular formula is C23H27F2NO2. The Balaban J connectivity index is 0.000000161.